The van der Waals surface area contributed by atoms with E-state index in [0.717, 1.165) is 24.5 Å². The minimum Gasteiger partial charge on any atom is -0.473 e. The van der Waals surface area contributed by atoms with Crippen LogP contribution < -0.4 is 15.4 Å². The van der Waals surface area contributed by atoms with Crippen molar-refractivity contribution in [2.75, 3.05) is 43.5 Å². The Morgan fingerprint density at radius 3 is 2.58 bits per heavy atom. The molecule has 1 aromatic carbocycles. The Kier molecular flexibility index (Phi) is 5.96. The number of hydrogen-bond donors (Lipinski definition) is 1. The number of aromatic nitrogens is 1. The normalized spacial score (nSPS) is 15.1. The van der Waals surface area contributed by atoms with Gasteiger partial charge in [-0.05, 0) is 31.5 Å². The van der Waals surface area contributed by atoms with E-state index in [4.69, 9.17) is 19.9 Å². The molecule has 0 bridgehead atoms. The topological polar surface area (TPSA) is 69.8 Å². The summed E-state index contributed by atoms with van der Waals surface area (Å²) in [6.07, 6.45) is 0. The molecule has 2 N–H and O–H groups in total. The highest BCUT2D eigenvalue weighted by atomic mass is 16.5. The molecule has 1 saturated heterocycles. The summed E-state index contributed by atoms with van der Waals surface area (Å²) in [4.78, 5) is 6.76. The molecule has 26 heavy (non-hydrogen) atoms. The van der Waals surface area contributed by atoms with Gasteiger partial charge in [-0.2, -0.15) is 4.98 Å². The van der Waals surface area contributed by atoms with Gasteiger partial charge in [0, 0.05) is 13.1 Å². The molecule has 140 valence electrons. The van der Waals surface area contributed by atoms with Crippen LogP contribution in [0.1, 0.15) is 19.4 Å². The van der Waals surface area contributed by atoms with E-state index in [1.165, 1.54) is 0 Å². The van der Waals surface area contributed by atoms with Crippen LogP contribution in [0.5, 0.6) is 5.88 Å². The molecule has 0 aliphatic carbocycles. The Hall–Kier alpha value is -2.31. The monoisotopic (exact) mass is 357 g/mol. The van der Waals surface area contributed by atoms with Gasteiger partial charge in [0.2, 0.25) is 5.88 Å². The molecule has 6 heteroatoms. The molecule has 2 heterocycles. The molecule has 1 aliphatic heterocycles. The van der Waals surface area contributed by atoms with Crippen molar-refractivity contribution in [3.05, 3.63) is 48.0 Å². The second-order valence-electron chi connectivity index (χ2n) is 6.99. The summed E-state index contributed by atoms with van der Waals surface area (Å²) in [5.41, 5.74) is 7.24. The van der Waals surface area contributed by atoms with Crippen LogP contribution in [-0.2, 0) is 16.1 Å². The first-order valence-electron chi connectivity index (χ1n) is 8.93. The summed E-state index contributed by atoms with van der Waals surface area (Å²) in [6.45, 7) is 7.96. The van der Waals surface area contributed by atoms with Gasteiger partial charge in [-0.15, -0.1) is 0 Å². The van der Waals surface area contributed by atoms with Gasteiger partial charge in [-0.1, -0.05) is 30.3 Å². The van der Waals surface area contributed by atoms with E-state index in [9.17, 15) is 0 Å². The first-order chi connectivity index (χ1) is 12.5. The third-order valence-electron chi connectivity index (χ3n) is 4.24. The maximum atomic E-state index is 6.04. The van der Waals surface area contributed by atoms with E-state index in [1.54, 1.807) is 0 Å². The number of pyridine rings is 1. The first kappa shape index (κ1) is 18.5. The van der Waals surface area contributed by atoms with Crippen LogP contribution in [0.4, 0.5) is 11.5 Å². The van der Waals surface area contributed by atoms with Crippen LogP contribution in [0.15, 0.2) is 42.5 Å². The van der Waals surface area contributed by atoms with Crippen LogP contribution in [0.3, 0.4) is 0 Å². The van der Waals surface area contributed by atoms with Crippen LogP contribution in [0.2, 0.25) is 0 Å². The third kappa shape index (κ3) is 5.09. The van der Waals surface area contributed by atoms with E-state index in [0.29, 0.717) is 38.0 Å². The lowest BCUT2D eigenvalue weighted by atomic mass is 10.1. The highest BCUT2D eigenvalue weighted by molar-refractivity contribution is 5.54. The average molecular weight is 357 g/mol. The lowest BCUT2D eigenvalue weighted by Crippen LogP contribution is -2.37. The number of nitrogens with zero attached hydrogens (tertiary/aromatic N) is 2. The molecule has 1 aromatic heterocycles. The first-order valence-corrected chi connectivity index (χ1v) is 8.93. The third-order valence-corrected chi connectivity index (χ3v) is 4.24. The molecular weight excluding hydrogens is 330 g/mol. The second kappa shape index (κ2) is 8.38. The molecule has 0 radical (unpaired) electrons. The molecule has 0 saturated carbocycles. The van der Waals surface area contributed by atoms with Gasteiger partial charge in [0.05, 0.1) is 31.1 Å². The van der Waals surface area contributed by atoms with Gasteiger partial charge in [-0.25, -0.2) is 0 Å². The van der Waals surface area contributed by atoms with Gasteiger partial charge in [-0.3, -0.25) is 0 Å². The highest BCUT2D eigenvalue weighted by Crippen LogP contribution is 2.25. The van der Waals surface area contributed by atoms with Gasteiger partial charge < -0.3 is 24.8 Å². The Bertz CT molecular complexity index is 701. The maximum absolute atomic E-state index is 6.04. The number of rotatable bonds is 7. The maximum Gasteiger partial charge on any atom is 0.239 e. The van der Waals surface area contributed by atoms with Crippen molar-refractivity contribution >= 4 is 11.5 Å². The number of morpholine rings is 1. The molecule has 6 nitrogen and oxygen atoms in total. The molecule has 0 amide bonds. The van der Waals surface area contributed by atoms with Gasteiger partial charge >= 0.3 is 0 Å². The zero-order valence-electron chi connectivity index (χ0n) is 15.5. The standard InChI is InChI=1S/C20H27N3O3/c1-20(2,26-14-16-6-4-3-5-7-16)15-25-19-17(21)8-9-18(22-19)23-10-12-24-13-11-23/h3-9H,10-15,21H2,1-2H3. The van der Waals surface area contributed by atoms with Crippen molar-refractivity contribution in [3.63, 3.8) is 0 Å². The SMILES string of the molecule is CC(C)(COc1nc(N2CCOCC2)ccc1N)OCc1ccccc1. The van der Waals surface area contributed by atoms with E-state index < -0.39 is 5.60 Å². The largest absolute Gasteiger partial charge is 0.473 e. The zero-order chi connectivity index (χ0) is 18.4. The molecule has 1 fully saturated rings. The number of ether oxygens (including phenoxy) is 3. The van der Waals surface area contributed by atoms with E-state index in [-0.39, 0.29) is 0 Å². The quantitative estimate of drug-likeness (QED) is 0.822. The molecule has 0 atom stereocenters. The van der Waals surface area contributed by atoms with Crippen molar-refractivity contribution in [3.8, 4) is 5.88 Å². The van der Waals surface area contributed by atoms with E-state index in [1.807, 2.05) is 56.3 Å². The van der Waals surface area contributed by atoms with Crippen LogP contribution >= 0.6 is 0 Å². The van der Waals surface area contributed by atoms with Crippen molar-refractivity contribution < 1.29 is 14.2 Å². The Labute approximate surface area is 154 Å². The summed E-state index contributed by atoms with van der Waals surface area (Å²) in [5, 5.41) is 0. The Morgan fingerprint density at radius 2 is 1.85 bits per heavy atom. The minimum atomic E-state index is -0.459. The van der Waals surface area contributed by atoms with Gasteiger partial charge in [0.1, 0.15) is 12.4 Å². The summed E-state index contributed by atoms with van der Waals surface area (Å²) in [7, 11) is 0. The van der Waals surface area contributed by atoms with Crippen LogP contribution in [0, 0.1) is 0 Å². The summed E-state index contributed by atoms with van der Waals surface area (Å²) < 4.78 is 17.3. The average Bonchev–Trinajstić information content (AvgIpc) is 2.67. The lowest BCUT2D eigenvalue weighted by Gasteiger charge is -2.29. The van der Waals surface area contributed by atoms with Crippen molar-refractivity contribution in [1.29, 1.82) is 0 Å². The lowest BCUT2D eigenvalue weighted by molar-refractivity contribution is -0.0575. The minimum absolute atomic E-state index is 0.365. The van der Waals surface area contributed by atoms with Crippen molar-refractivity contribution in [2.24, 2.45) is 0 Å². The summed E-state index contributed by atoms with van der Waals surface area (Å²) in [5.74, 6) is 1.31. The molecule has 1 aliphatic rings. The number of nitrogens with two attached hydrogens (primary N) is 1. The second-order valence-corrected chi connectivity index (χ2v) is 6.99. The Morgan fingerprint density at radius 1 is 1.12 bits per heavy atom. The predicted octanol–water partition coefficient (Wildman–Crippen LogP) is 2.87. The summed E-state index contributed by atoms with van der Waals surface area (Å²) in [6, 6.07) is 13.8. The van der Waals surface area contributed by atoms with Crippen LogP contribution in [0.25, 0.3) is 0 Å². The number of benzene rings is 1. The molecule has 2 aromatic rings. The Balaban J connectivity index is 1.58. The van der Waals surface area contributed by atoms with Crippen molar-refractivity contribution in [1.82, 2.24) is 4.98 Å². The number of nitrogen functional groups attached to an aromatic ring is 1. The highest BCUT2D eigenvalue weighted by Gasteiger charge is 2.21. The van der Waals surface area contributed by atoms with Crippen LogP contribution in [-0.4, -0.2) is 43.5 Å². The molecule has 3 rings (SSSR count). The molecular formula is C20H27N3O3. The van der Waals surface area contributed by atoms with Gasteiger partial charge in [0.25, 0.3) is 0 Å². The van der Waals surface area contributed by atoms with E-state index in [2.05, 4.69) is 9.88 Å². The smallest absolute Gasteiger partial charge is 0.239 e. The van der Waals surface area contributed by atoms with Crippen molar-refractivity contribution in [2.45, 2.75) is 26.1 Å². The molecule has 0 unspecified atom stereocenters. The number of hydrogen-bond acceptors (Lipinski definition) is 6. The fraction of sp³-hybridized carbons (Fsp3) is 0.450. The molecule has 0 spiro atoms. The summed E-state index contributed by atoms with van der Waals surface area (Å²) >= 11 is 0. The van der Waals surface area contributed by atoms with Gasteiger partial charge in [0.15, 0.2) is 0 Å². The van der Waals surface area contributed by atoms with E-state index >= 15 is 0 Å². The predicted molar refractivity (Wildman–Crippen MR) is 102 cm³/mol. The number of anilines is 2. The fourth-order valence-electron chi connectivity index (χ4n) is 2.66. The zero-order valence-corrected chi connectivity index (χ0v) is 15.5. The fourth-order valence-corrected chi connectivity index (χ4v) is 2.66.